The summed E-state index contributed by atoms with van der Waals surface area (Å²) < 4.78 is 0. The molecule has 4 heteroatoms. The Morgan fingerprint density at radius 2 is 2.12 bits per heavy atom. The van der Waals surface area contributed by atoms with Crippen molar-refractivity contribution in [2.24, 2.45) is 0 Å². The first-order valence-electron chi connectivity index (χ1n) is 5.49. The van der Waals surface area contributed by atoms with Gasteiger partial charge in [0.25, 0.3) is 0 Å². The Kier molecular flexibility index (Phi) is 3.66. The minimum atomic E-state index is 0.214. The Balaban J connectivity index is 1.76. The normalized spacial score (nSPS) is 12.6. The molecule has 0 bridgehead atoms. The van der Waals surface area contributed by atoms with Gasteiger partial charge in [-0.05, 0) is 25.5 Å². The summed E-state index contributed by atoms with van der Waals surface area (Å²) in [6.45, 7) is 3.01. The molecule has 16 heavy (non-hydrogen) atoms. The van der Waals surface area contributed by atoms with E-state index in [4.69, 9.17) is 0 Å². The van der Waals surface area contributed by atoms with Gasteiger partial charge >= 0.3 is 0 Å². The Morgan fingerprint density at radius 1 is 1.31 bits per heavy atom. The second-order valence-corrected chi connectivity index (χ2v) is 3.78. The van der Waals surface area contributed by atoms with Crippen LogP contribution in [-0.4, -0.2) is 21.7 Å². The SMILES string of the molecule is CC(NCCc1ccccc1)c1ncn[nH]1. The van der Waals surface area contributed by atoms with Crippen molar-refractivity contribution in [2.75, 3.05) is 6.54 Å². The zero-order chi connectivity index (χ0) is 11.2. The van der Waals surface area contributed by atoms with Gasteiger partial charge in [0.05, 0.1) is 6.04 Å². The van der Waals surface area contributed by atoms with Gasteiger partial charge in [-0.25, -0.2) is 4.98 Å². The quantitative estimate of drug-likeness (QED) is 0.799. The van der Waals surface area contributed by atoms with E-state index in [1.165, 1.54) is 11.9 Å². The number of hydrogen-bond donors (Lipinski definition) is 2. The molecule has 1 heterocycles. The van der Waals surface area contributed by atoms with Crippen LogP contribution in [-0.2, 0) is 6.42 Å². The summed E-state index contributed by atoms with van der Waals surface area (Å²) in [7, 11) is 0. The molecule has 0 fully saturated rings. The molecule has 1 unspecified atom stereocenters. The van der Waals surface area contributed by atoms with Crippen molar-refractivity contribution < 1.29 is 0 Å². The number of aromatic amines is 1. The predicted molar refractivity (Wildman–Crippen MR) is 62.9 cm³/mol. The van der Waals surface area contributed by atoms with E-state index in [9.17, 15) is 0 Å². The molecular formula is C12H16N4. The van der Waals surface area contributed by atoms with Crippen LogP contribution in [0.15, 0.2) is 36.7 Å². The van der Waals surface area contributed by atoms with Crippen LogP contribution < -0.4 is 5.32 Å². The molecule has 0 aliphatic rings. The maximum atomic E-state index is 4.11. The van der Waals surface area contributed by atoms with Gasteiger partial charge < -0.3 is 5.32 Å². The molecule has 2 N–H and O–H groups in total. The predicted octanol–water partition coefficient (Wildman–Crippen LogP) is 1.70. The number of H-pyrrole nitrogens is 1. The third kappa shape index (κ3) is 2.90. The topological polar surface area (TPSA) is 53.6 Å². The van der Waals surface area contributed by atoms with Crippen molar-refractivity contribution in [3.63, 3.8) is 0 Å². The largest absolute Gasteiger partial charge is 0.307 e. The summed E-state index contributed by atoms with van der Waals surface area (Å²) in [4.78, 5) is 4.11. The Morgan fingerprint density at radius 3 is 2.81 bits per heavy atom. The van der Waals surface area contributed by atoms with Gasteiger partial charge in [0.1, 0.15) is 12.2 Å². The molecule has 0 saturated carbocycles. The number of nitrogens with zero attached hydrogens (tertiary/aromatic N) is 2. The molecule has 4 nitrogen and oxygen atoms in total. The molecule has 0 radical (unpaired) electrons. The van der Waals surface area contributed by atoms with Gasteiger partial charge in [-0.2, -0.15) is 5.10 Å². The lowest BCUT2D eigenvalue weighted by Gasteiger charge is -2.10. The van der Waals surface area contributed by atoms with Crippen molar-refractivity contribution in [2.45, 2.75) is 19.4 Å². The van der Waals surface area contributed by atoms with Crippen LogP contribution in [0.5, 0.6) is 0 Å². The lowest BCUT2D eigenvalue weighted by atomic mass is 10.1. The Hall–Kier alpha value is -1.68. The number of aromatic nitrogens is 3. The fourth-order valence-electron chi connectivity index (χ4n) is 1.60. The maximum Gasteiger partial charge on any atom is 0.141 e. The molecule has 0 saturated heterocycles. The van der Waals surface area contributed by atoms with Crippen molar-refractivity contribution in [3.8, 4) is 0 Å². The molecule has 2 aromatic rings. The number of hydrogen-bond acceptors (Lipinski definition) is 3. The highest BCUT2D eigenvalue weighted by Crippen LogP contribution is 2.04. The highest BCUT2D eigenvalue weighted by atomic mass is 15.2. The molecule has 2 rings (SSSR count). The first kappa shape index (κ1) is 10.8. The average Bonchev–Trinajstić information content (AvgIpc) is 2.84. The lowest BCUT2D eigenvalue weighted by Crippen LogP contribution is -2.22. The molecule has 1 atom stereocenters. The summed E-state index contributed by atoms with van der Waals surface area (Å²) in [6.07, 6.45) is 2.56. The van der Waals surface area contributed by atoms with Gasteiger partial charge in [0, 0.05) is 0 Å². The van der Waals surface area contributed by atoms with E-state index in [-0.39, 0.29) is 6.04 Å². The molecule has 84 valence electrons. The van der Waals surface area contributed by atoms with Crippen LogP contribution in [0.4, 0.5) is 0 Å². The standard InChI is InChI=1S/C12H16N4/c1-10(12-14-9-15-16-12)13-8-7-11-5-3-2-4-6-11/h2-6,9-10,13H,7-8H2,1H3,(H,14,15,16). The van der Waals surface area contributed by atoms with E-state index < -0.39 is 0 Å². The summed E-state index contributed by atoms with van der Waals surface area (Å²) >= 11 is 0. The van der Waals surface area contributed by atoms with Crippen LogP contribution in [0, 0.1) is 0 Å². The van der Waals surface area contributed by atoms with Crippen LogP contribution in [0.25, 0.3) is 0 Å². The second kappa shape index (κ2) is 5.42. The minimum Gasteiger partial charge on any atom is -0.307 e. The third-order valence-electron chi connectivity index (χ3n) is 2.55. The number of rotatable bonds is 5. The molecule has 0 aliphatic carbocycles. The van der Waals surface area contributed by atoms with Crippen LogP contribution >= 0.6 is 0 Å². The van der Waals surface area contributed by atoms with Crippen LogP contribution in [0.1, 0.15) is 24.4 Å². The van der Waals surface area contributed by atoms with Gasteiger partial charge in [-0.3, -0.25) is 5.10 Å². The van der Waals surface area contributed by atoms with Gasteiger partial charge in [-0.1, -0.05) is 30.3 Å². The van der Waals surface area contributed by atoms with Crippen molar-refractivity contribution in [3.05, 3.63) is 48.0 Å². The first-order chi connectivity index (χ1) is 7.86. The van der Waals surface area contributed by atoms with E-state index in [0.29, 0.717) is 0 Å². The summed E-state index contributed by atoms with van der Waals surface area (Å²) in [5, 5.41) is 10.1. The second-order valence-electron chi connectivity index (χ2n) is 3.78. The van der Waals surface area contributed by atoms with Crippen LogP contribution in [0.3, 0.4) is 0 Å². The maximum absolute atomic E-state index is 4.11. The molecule has 1 aromatic heterocycles. The summed E-state index contributed by atoms with van der Waals surface area (Å²) in [5.74, 6) is 0.882. The highest BCUT2D eigenvalue weighted by Gasteiger charge is 2.06. The van der Waals surface area contributed by atoms with E-state index in [1.807, 2.05) is 6.07 Å². The van der Waals surface area contributed by atoms with Gasteiger partial charge in [0.15, 0.2) is 0 Å². The zero-order valence-corrected chi connectivity index (χ0v) is 9.35. The van der Waals surface area contributed by atoms with Crippen LogP contribution in [0.2, 0.25) is 0 Å². The summed E-state index contributed by atoms with van der Waals surface area (Å²) in [5.41, 5.74) is 1.35. The lowest BCUT2D eigenvalue weighted by molar-refractivity contribution is 0.551. The van der Waals surface area contributed by atoms with E-state index >= 15 is 0 Å². The summed E-state index contributed by atoms with van der Waals surface area (Å²) in [6, 6.07) is 10.7. The van der Waals surface area contributed by atoms with E-state index in [2.05, 4.69) is 51.7 Å². The van der Waals surface area contributed by atoms with Gasteiger partial charge in [0.2, 0.25) is 0 Å². The average molecular weight is 216 g/mol. The van der Waals surface area contributed by atoms with Crippen molar-refractivity contribution in [1.82, 2.24) is 20.5 Å². The Bertz CT molecular complexity index is 396. The molecule has 0 spiro atoms. The fourth-order valence-corrected chi connectivity index (χ4v) is 1.60. The fraction of sp³-hybridized carbons (Fsp3) is 0.333. The third-order valence-corrected chi connectivity index (χ3v) is 2.55. The van der Waals surface area contributed by atoms with E-state index in [0.717, 1.165) is 18.8 Å². The molecule has 0 aliphatic heterocycles. The molecule has 0 amide bonds. The smallest absolute Gasteiger partial charge is 0.141 e. The Labute approximate surface area is 95.1 Å². The minimum absolute atomic E-state index is 0.214. The van der Waals surface area contributed by atoms with Crippen molar-refractivity contribution in [1.29, 1.82) is 0 Å². The van der Waals surface area contributed by atoms with Gasteiger partial charge in [-0.15, -0.1) is 0 Å². The molecule has 1 aromatic carbocycles. The number of nitrogens with one attached hydrogen (secondary N) is 2. The highest BCUT2D eigenvalue weighted by molar-refractivity contribution is 5.14. The first-order valence-corrected chi connectivity index (χ1v) is 5.49. The van der Waals surface area contributed by atoms with Crippen molar-refractivity contribution >= 4 is 0 Å². The number of benzene rings is 1. The zero-order valence-electron chi connectivity index (χ0n) is 9.35. The van der Waals surface area contributed by atoms with E-state index in [1.54, 1.807) is 0 Å². The molecular weight excluding hydrogens is 200 g/mol. The monoisotopic (exact) mass is 216 g/mol.